The third-order valence-corrected chi connectivity index (χ3v) is 3.27. The van der Waals surface area contributed by atoms with Crippen LogP contribution in [0.1, 0.15) is 18.1 Å². The summed E-state index contributed by atoms with van der Waals surface area (Å²) in [6.07, 6.45) is 2.47. The highest BCUT2D eigenvalue weighted by atomic mass is 16.1. The fourth-order valence-electron chi connectivity index (χ4n) is 2.17. The Bertz CT molecular complexity index is 789. The summed E-state index contributed by atoms with van der Waals surface area (Å²) in [5.74, 6) is 0.697. The maximum atomic E-state index is 11.3. The zero-order chi connectivity index (χ0) is 13.9. The lowest BCUT2D eigenvalue weighted by Crippen LogP contribution is -2.10. The lowest BCUT2D eigenvalue weighted by molar-refractivity contribution is 0.985. The Morgan fingerprint density at radius 3 is 2.90 bits per heavy atom. The van der Waals surface area contributed by atoms with Gasteiger partial charge in [0.15, 0.2) is 5.65 Å². The molecule has 0 radical (unpaired) electrons. The van der Waals surface area contributed by atoms with E-state index in [0.717, 1.165) is 6.42 Å². The standard InChI is InChI=1S/C14H15N5O/c1-2-10-5-3-4-6-11(10)8-15-12-7-13-17-18-14(20)19(13)9-16-12/h3-7,9,15H,2,8H2,1H3,(H,18,20). The molecule has 20 heavy (non-hydrogen) atoms. The Morgan fingerprint density at radius 1 is 1.30 bits per heavy atom. The van der Waals surface area contributed by atoms with Gasteiger partial charge in [0.05, 0.1) is 0 Å². The summed E-state index contributed by atoms with van der Waals surface area (Å²) >= 11 is 0. The molecule has 0 saturated heterocycles. The van der Waals surface area contributed by atoms with Crippen LogP contribution in [0.25, 0.3) is 5.65 Å². The van der Waals surface area contributed by atoms with Gasteiger partial charge in [-0.25, -0.2) is 19.3 Å². The normalized spacial score (nSPS) is 10.8. The Hall–Kier alpha value is -2.63. The molecule has 2 N–H and O–H groups in total. The van der Waals surface area contributed by atoms with E-state index in [1.54, 1.807) is 6.07 Å². The number of rotatable bonds is 4. The van der Waals surface area contributed by atoms with Gasteiger partial charge >= 0.3 is 5.69 Å². The highest BCUT2D eigenvalue weighted by Gasteiger charge is 2.03. The minimum absolute atomic E-state index is 0.282. The number of anilines is 1. The third kappa shape index (κ3) is 2.27. The van der Waals surface area contributed by atoms with Gasteiger partial charge in [-0.3, -0.25) is 0 Å². The van der Waals surface area contributed by atoms with Crippen molar-refractivity contribution in [3.05, 3.63) is 58.3 Å². The Kier molecular flexibility index (Phi) is 3.20. The molecule has 0 saturated carbocycles. The van der Waals surface area contributed by atoms with E-state index in [1.165, 1.54) is 21.9 Å². The van der Waals surface area contributed by atoms with Crippen LogP contribution < -0.4 is 11.0 Å². The summed E-state index contributed by atoms with van der Waals surface area (Å²) in [5, 5.41) is 9.56. The van der Waals surface area contributed by atoms with Crippen LogP contribution in [0, 0.1) is 0 Å². The molecule has 1 aromatic carbocycles. The van der Waals surface area contributed by atoms with Gasteiger partial charge in [0.25, 0.3) is 0 Å². The number of fused-ring (bicyclic) bond motifs is 1. The summed E-state index contributed by atoms with van der Waals surface area (Å²) in [7, 11) is 0. The van der Waals surface area contributed by atoms with Crippen LogP contribution in [0.2, 0.25) is 0 Å². The third-order valence-electron chi connectivity index (χ3n) is 3.27. The van der Waals surface area contributed by atoms with E-state index in [-0.39, 0.29) is 5.69 Å². The number of aromatic nitrogens is 4. The van der Waals surface area contributed by atoms with Gasteiger partial charge in [0.1, 0.15) is 12.1 Å². The van der Waals surface area contributed by atoms with Crippen molar-refractivity contribution < 1.29 is 0 Å². The smallest absolute Gasteiger partial charge is 0.348 e. The van der Waals surface area contributed by atoms with Crippen LogP contribution in [0.5, 0.6) is 0 Å². The molecule has 0 aliphatic carbocycles. The highest BCUT2D eigenvalue weighted by molar-refractivity contribution is 5.48. The van der Waals surface area contributed by atoms with E-state index in [2.05, 4.69) is 39.6 Å². The summed E-state index contributed by atoms with van der Waals surface area (Å²) in [6, 6.07) is 10.0. The molecule has 6 heteroatoms. The summed E-state index contributed by atoms with van der Waals surface area (Å²) in [6.45, 7) is 2.83. The first-order valence-electron chi connectivity index (χ1n) is 6.51. The average Bonchev–Trinajstić information content (AvgIpc) is 2.86. The Balaban J connectivity index is 1.81. The number of hydrogen-bond acceptors (Lipinski definition) is 4. The van der Waals surface area contributed by atoms with E-state index in [0.29, 0.717) is 18.0 Å². The summed E-state index contributed by atoms with van der Waals surface area (Å²) in [5.41, 5.74) is 2.83. The van der Waals surface area contributed by atoms with Crippen molar-refractivity contribution in [3.8, 4) is 0 Å². The Morgan fingerprint density at radius 2 is 2.10 bits per heavy atom. The molecule has 0 aliphatic rings. The van der Waals surface area contributed by atoms with E-state index < -0.39 is 0 Å². The first-order valence-corrected chi connectivity index (χ1v) is 6.51. The van der Waals surface area contributed by atoms with Crippen LogP contribution in [0.3, 0.4) is 0 Å². The van der Waals surface area contributed by atoms with Crippen molar-refractivity contribution in [2.75, 3.05) is 5.32 Å². The number of nitrogens with zero attached hydrogens (tertiary/aromatic N) is 3. The van der Waals surface area contributed by atoms with Crippen molar-refractivity contribution >= 4 is 11.5 Å². The van der Waals surface area contributed by atoms with Gasteiger partial charge in [-0.2, -0.15) is 5.10 Å². The predicted octanol–water partition coefficient (Wildman–Crippen LogP) is 1.59. The Labute approximate surface area is 115 Å². The van der Waals surface area contributed by atoms with Crippen LogP contribution >= 0.6 is 0 Å². The van der Waals surface area contributed by atoms with Gasteiger partial charge in [-0.1, -0.05) is 31.2 Å². The fourth-order valence-corrected chi connectivity index (χ4v) is 2.17. The van der Waals surface area contributed by atoms with Crippen molar-refractivity contribution in [2.45, 2.75) is 19.9 Å². The van der Waals surface area contributed by atoms with Gasteiger partial charge < -0.3 is 5.32 Å². The van der Waals surface area contributed by atoms with E-state index in [1.807, 2.05) is 12.1 Å². The maximum absolute atomic E-state index is 11.3. The van der Waals surface area contributed by atoms with E-state index >= 15 is 0 Å². The van der Waals surface area contributed by atoms with Crippen LogP contribution in [-0.2, 0) is 13.0 Å². The van der Waals surface area contributed by atoms with Crippen LogP contribution in [0.4, 0.5) is 5.82 Å². The fraction of sp³-hybridized carbons (Fsp3) is 0.214. The molecular weight excluding hydrogens is 254 g/mol. The minimum atomic E-state index is -0.282. The molecule has 0 aliphatic heterocycles. The summed E-state index contributed by atoms with van der Waals surface area (Å²) in [4.78, 5) is 15.5. The quantitative estimate of drug-likeness (QED) is 0.754. The number of aromatic amines is 1. The topological polar surface area (TPSA) is 75.1 Å². The largest absolute Gasteiger partial charge is 0.366 e. The lowest BCUT2D eigenvalue weighted by atomic mass is 10.1. The van der Waals surface area contributed by atoms with Crippen molar-refractivity contribution in [2.24, 2.45) is 0 Å². The van der Waals surface area contributed by atoms with Crippen LogP contribution in [-0.4, -0.2) is 19.6 Å². The maximum Gasteiger partial charge on any atom is 0.348 e. The molecule has 102 valence electrons. The molecular formula is C14H15N5O. The molecule has 0 unspecified atom stereocenters. The molecule has 0 fully saturated rings. The first-order chi connectivity index (χ1) is 9.78. The molecule has 6 nitrogen and oxygen atoms in total. The second-order valence-corrected chi connectivity index (χ2v) is 4.51. The molecule has 2 aromatic heterocycles. The zero-order valence-electron chi connectivity index (χ0n) is 11.1. The lowest BCUT2D eigenvalue weighted by Gasteiger charge is -2.09. The molecule has 0 bridgehead atoms. The number of H-pyrrole nitrogens is 1. The number of hydrogen-bond donors (Lipinski definition) is 2. The number of nitrogens with one attached hydrogen (secondary N) is 2. The molecule has 3 aromatic rings. The van der Waals surface area contributed by atoms with Gasteiger partial charge in [0, 0.05) is 12.6 Å². The first kappa shape index (κ1) is 12.4. The molecule has 2 heterocycles. The van der Waals surface area contributed by atoms with Gasteiger partial charge in [-0.05, 0) is 17.5 Å². The molecule has 3 rings (SSSR count). The molecule has 0 atom stereocenters. The highest BCUT2D eigenvalue weighted by Crippen LogP contribution is 2.12. The number of benzene rings is 1. The van der Waals surface area contributed by atoms with Crippen molar-refractivity contribution in [3.63, 3.8) is 0 Å². The van der Waals surface area contributed by atoms with Gasteiger partial charge in [-0.15, -0.1) is 0 Å². The summed E-state index contributed by atoms with van der Waals surface area (Å²) < 4.78 is 1.37. The van der Waals surface area contributed by atoms with Crippen molar-refractivity contribution in [1.29, 1.82) is 0 Å². The van der Waals surface area contributed by atoms with E-state index in [9.17, 15) is 4.79 Å². The van der Waals surface area contributed by atoms with Gasteiger partial charge in [0.2, 0.25) is 0 Å². The number of aryl methyl sites for hydroxylation is 1. The van der Waals surface area contributed by atoms with Crippen molar-refractivity contribution in [1.82, 2.24) is 19.6 Å². The molecule has 0 spiro atoms. The minimum Gasteiger partial charge on any atom is -0.366 e. The zero-order valence-corrected chi connectivity index (χ0v) is 11.1. The van der Waals surface area contributed by atoms with E-state index in [4.69, 9.17) is 0 Å². The second-order valence-electron chi connectivity index (χ2n) is 4.51. The predicted molar refractivity (Wildman–Crippen MR) is 76.8 cm³/mol. The average molecular weight is 269 g/mol. The molecule has 0 amide bonds. The SMILES string of the molecule is CCc1ccccc1CNc1cc2n[nH]c(=O)n2cn1. The van der Waals surface area contributed by atoms with Crippen LogP contribution in [0.15, 0.2) is 41.5 Å². The monoisotopic (exact) mass is 269 g/mol. The second kappa shape index (κ2) is 5.16.